The highest BCUT2D eigenvalue weighted by molar-refractivity contribution is 9.10. The fourth-order valence-electron chi connectivity index (χ4n) is 5.18. The fourth-order valence-corrected chi connectivity index (χ4v) is 6.62. The Bertz CT molecular complexity index is 1450. The third kappa shape index (κ3) is 9.05. The maximum absolute atomic E-state index is 14.2. The lowest BCUT2D eigenvalue weighted by Crippen LogP contribution is -2.55. The zero-order valence-corrected chi connectivity index (χ0v) is 26.2. The van der Waals surface area contributed by atoms with Crippen LogP contribution >= 0.6 is 27.5 Å². The highest BCUT2D eigenvalue weighted by Crippen LogP contribution is 2.24. The van der Waals surface area contributed by atoms with Crippen LogP contribution in [0.15, 0.2) is 83.3 Å². The van der Waals surface area contributed by atoms with Crippen molar-refractivity contribution < 1.29 is 18.0 Å². The zero-order chi connectivity index (χ0) is 29.4. The Morgan fingerprint density at radius 1 is 0.951 bits per heavy atom. The van der Waals surface area contributed by atoms with E-state index in [1.54, 1.807) is 42.5 Å². The van der Waals surface area contributed by atoms with Crippen LogP contribution in [0.4, 0.5) is 5.69 Å². The first kappa shape index (κ1) is 31.1. The van der Waals surface area contributed by atoms with Gasteiger partial charge in [-0.1, -0.05) is 95.3 Å². The molecule has 0 bridgehead atoms. The van der Waals surface area contributed by atoms with Gasteiger partial charge in [0, 0.05) is 28.5 Å². The molecule has 7 nitrogen and oxygen atoms in total. The van der Waals surface area contributed by atoms with Crippen molar-refractivity contribution in [1.82, 2.24) is 10.2 Å². The minimum atomic E-state index is -3.83. The summed E-state index contributed by atoms with van der Waals surface area (Å²) in [4.78, 5) is 29.6. The molecule has 1 N–H and O–H groups in total. The molecule has 3 aromatic carbocycles. The van der Waals surface area contributed by atoms with Crippen LogP contribution < -0.4 is 9.62 Å². The summed E-state index contributed by atoms with van der Waals surface area (Å²) in [6, 6.07) is 22.6. The molecule has 0 saturated heterocycles. The van der Waals surface area contributed by atoms with Crippen LogP contribution in [0.2, 0.25) is 5.02 Å². The highest BCUT2D eigenvalue weighted by atomic mass is 79.9. The Kier molecular flexibility index (Phi) is 10.9. The first-order chi connectivity index (χ1) is 19.6. The molecule has 41 heavy (non-hydrogen) atoms. The molecule has 1 aliphatic carbocycles. The molecule has 0 aromatic heterocycles. The van der Waals surface area contributed by atoms with Gasteiger partial charge in [0.15, 0.2) is 0 Å². The molecule has 0 radical (unpaired) electrons. The molecule has 0 aliphatic heterocycles. The first-order valence-electron chi connectivity index (χ1n) is 13.7. The van der Waals surface area contributed by atoms with Gasteiger partial charge in [0.2, 0.25) is 21.8 Å². The second kappa shape index (κ2) is 14.3. The molecule has 2 amide bonds. The van der Waals surface area contributed by atoms with Crippen molar-refractivity contribution >= 4 is 55.1 Å². The van der Waals surface area contributed by atoms with Gasteiger partial charge >= 0.3 is 0 Å². The van der Waals surface area contributed by atoms with E-state index in [2.05, 4.69) is 21.2 Å². The Balaban J connectivity index is 1.72. The van der Waals surface area contributed by atoms with Gasteiger partial charge in [-0.25, -0.2) is 8.42 Å². The lowest BCUT2D eigenvalue weighted by atomic mass is 9.94. The van der Waals surface area contributed by atoms with Crippen molar-refractivity contribution in [3.05, 3.63) is 99.5 Å². The van der Waals surface area contributed by atoms with Crippen LogP contribution in [-0.4, -0.2) is 50.0 Å². The third-order valence-corrected chi connectivity index (χ3v) is 9.11. The molecule has 0 spiro atoms. The number of hydrogen-bond donors (Lipinski definition) is 1. The maximum atomic E-state index is 14.2. The minimum Gasteiger partial charge on any atom is -0.352 e. The number of hydrogen-bond acceptors (Lipinski definition) is 4. The van der Waals surface area contributed by atoms with Gasteiger partial charge in [0.25, 0.3) is 0 Å². The second-order valence-electron chi connectivity index (χ2n) is 10.5. The van der Waals surface area contributed by atoms with Gasteiger partial charge in [-0.2, -0.15) is 0 Å². The fraction of sp³-hybridized carbons (Fsp3) is 0.355. The van der Waals surface area contributed by atoms with Crippen molar-refractivity contribution in [2.75, 3.05) is 17.1 Å². The Hall–Kier alpha value is -2.88. The number of carbonyl (C=O) groups is 2. The number of nitrogens with one attached hydrogen (secondary N) is 1. The van der Waals surface area contributed by atoms with Crippen LogP contribution in [0.5, 0.6) is 0 Å². The smallest absolute Gasteiger partial charge is 0.244 e. The molecule has 3 aromatic rings. The lowest BCUT2D eigenvalue weighted by molar-refractivity contribution is -0.140. The van der Waals surface area contributed by atoms with E-state index in [4.69, 9.17) is 11.6 Å². The van der Waals surface area contributed by atoms with Gasteiger partial charge in [-0.05, 0) is 54.3 Å². The molecular formula is C31H35BrClN3O4S. The van der Waals surface area contributed by atoms with E-state index in [1.165, 1.54) is 4.90 Å². The summed E-state index contributed by atoms with van der Waals surface area (Å²) in [5.74, 6) is -0.736. The van der Waals surface area contributed by atoms with E-state index < -0.39 is 28.5 Å². The average Bonchev–Trinajstić information content (AvgIpc) is 2.94. The number of benzene rings is 3. The maximum Gasteiger partial charge on any atom is 0.244 e. The van der Waals surface area contributed by atoms with Crippen molar-refractivity contribution in [2.45, 2.75) is 57.2 Å². The molecular weight excluding hydrogens is 626 g/mol. The number of nitrogens with zero attached hydrogens (tertiary/aromatic N) is 2. The number of amides is 2. The first-order valence-corrected chi connectivity index (χ1v) is 16.7. The monoisotopic (exact) mass is 659 g/mol. The summed E-state index contributed by atoms with van der Waals surface area (Å²) in [6.45, 7) is -0.372. The summed E-state index contributed by atoms with van der Waals surface area (Å²) in [5, 5.41) is 3.70. The predicted octanol–water partition coefficient (Wildman–Crippen LogP) is 5.96. The number of carbonyl (C=O) groups excluding carboxylic acids is 2. The standard InChI is InChI=1S/C31H35BrClN3O4S/c1-41(39,40)36(28-17-9-13-25(32)20-28)22-30(37)35(21-24-12-8-14-26(33)18-24)29(19-23-10-4-2-5-11-23)31(38)34-27-15-6-3-7-16-27/h2,4-5,8-14,17-18,20,27,29H,3,6-7,15-16,19,21-22H2,1H3,(H,34,38). The third-order valence-electron chi connectivity index (χ3n) is 7.24. The van der Waals surface area contributed by atoms with E-state index in [1.807, 2.05) is 36.4 Å². The largest absolute Gasteiger partial charge is 0.352 e. The molecule has 1 unspecified atom stereocenters. The van der Waals surface area contributed by atoms with Gasteiger partial charge in [-0.3, -0.25) is 13.9 Å². The van der Waals surface area contributed by atoms with E-state index >= 15 is 0 Å². The van der Waals surface area contributed by atoms with Crippen LogP contribution in [-0.2, 0) is 32.6 Å². The van der Waals surface area contributed by atoms with E-state index in [0.717, 1.165) is 53.8 Å². The van der Waals surface area contributed by atoms with E-state index in [9.17, 15) is 18.0 Å². The van der Waals surface area contributed by atoms with Gasteiger partial charge in [0.1, 0.15) is 12.6 Å². The second-order valence-corrected chi connectivity index (χ2v) is 13.7. The van der Waals surface area contributed by atoms with Crippen molar-refractivity contribution in [1.29, 1.82) is 0 Å². The zero-order valence-electron chi connectivity index (χ0n) is 23.0. The topological polar surface area (TPSA) is 86.8 Å². The number of halogens is 2. The summed E-state index contributed by atoms with van der Waals surface area (Å²) >= 11 is 9.66. The molecule has 218 valence electrons. The Morgan fingerprint density at radius 2 is 1.63 bits per heavy atom. The summed E-state index contributed by atoms with van der Waals surface area (Å²) in [6.07, 6.45) is 6.40. The number of rotatable bonds is 11. The van der Waals surface area contributed by atoms with Gasteiger partial charge in [-0.15, -0.1) is 0 Å². The Labute approximate surface area is 256 Å². The highest BCUT2D eigenvalue weighted by Gasteiger charge is 2.34. The van der Waals surface area contributed by atoms with Crippen LogP contribution in [0, 0.1) is 0 Å². The van der Waals surface area contributed by atoms with Crippen LogP contribution in [0.3, 0.4) is 0 Å². The summed E-state index contributed by atoms with van der Waals surface area (Å²) < 4.78 is 27.6. The normalized spacial score (nSPS) is 14.7. The molecule has 10 heteroatoms. The van der Waals surface area contributed by atoms with Gasteiger partial charge in [0.05, 0.1) is 11.9 Å². The number of anilines is 1. The van der Waals surface area contributed by atoms with Crippen molar-refractivity contribution in [3.8, 4) is 0 Å². The van der Waals surface area contributed by atoms with Crippen molar-refractivity contribution in [2.24, 2.45) is 0 Å². The molecule has 0 heterocycles. The molecule has 4 rings (SSSR count). The van der Waals surface area contributed by atoms with Crippen LogP contribution in [0.1, 0.15) is 43.2 Å². The quantitative estimate of drug-likeness (QED) is 0.275. The Morgan fingerprint density at radius 3 is 2.29 bits per heavy atom. The molecule has 1 aliphatic rings. The molecule has 1 saturated carbocycles. The van der Waals surface area contributed by atoms with E-state index in [-0.39, 0.29) is 24.9 Å². The number of sulfonamides is 1. The average molecular weight is 661 g/mol. The lowest BCUT2D eigenvalue weighted by Gasteiger charge is -2.35. The predicted molar refractivity (Wildman–Crippen MR) is 167 cm³/mol. The van der Waals surface area contributed by atoms with E-state index in [0.29, 0.717) is 15.2 Å². The SMILES string of the molecule is CS(=O)(=O)N(CC(=O)N(Cc1cccc(Cl)c1)C(Cc1ccccc1)C(=O)NC1CCCCC1)c1cccc(Br)c1. The molecule has 1 fully saturated rings. The summed E-state index contributed by atoms with van der Waals surface area (Å²) in [5.41, 5.74) is 1.99. The molecule has 1 atom stereocenters. The summed E-state index contributed by atoms with van der Waals surface area (Å²) in [7, 11) is -3.83. The minimum absolute atomic E-state index is 0.0480. The van der Waals surface area contributed by atoms with Gasteiger partial charge < -0.3 is 10.2 Å². The van der Waals surface area contributed by atoms with Crippen LogP contribution in [0.25, 0.3) is 0 Å². The van der Waals surface area contributed by atoms with Crippen molar-refractivity contribution in [3.63, 3.8) is 0 Å².